The van der Waals surface area contributed by atoms with E-state index in [2.05, 4.69) is 0 Å². The van der Waals surface area contributed by atoms with Gasteiger partial charge in [0.15, 0.2) is 0 Å². The zero-order valence-electron chi connectivity index (χ0n) is 10.8. The number of nitrogens with zero attached hydrogens (tertiary/aromatic N) is 1. The van der Waals surface area contributed by atoms with Crippen molar-refractivity contribution < 1.29 is 18.3 Å². The van der Waals surface area contributed by atoms with E-state index in [0.717, 1.165) is 12.8 Å². The average molecular weight is 286 g/mol. The van der Waals surface area contributed by atoms with E-state index < -0.39 is 21.5 Å². The maximum Gasteiger partial charge on any atom is 0.328 e. The summed E-state index contributed by atoms with van der Waals surface area (Å²) in [5, 5.41) is 14.7. The quantitative estimate of drug-likeness (QED) is 0.783. The van der Waals surface area contributed by atoms with E-state index in [0.29, 0.717) is 25.1 Å². The Balaban J connectivity index is 2.53. The first-order valence-corrected chi connectivity index (χ1v) is 7.72. The molecule has 1 fully saturated rings. The van der Waals surface area contributed by atoms with Crippen molar-refractivity contribution in [1.29, 1.82) is 0 Å². The summed E-state index contributed by atoms with van der Waals surface area (Å²) >= 11 is 0. The van der Waals surface area contributed by atoms with Crippen LogP contribution in [0, 0.1) is 0 Å². The lowest BCUT2D eigenvalue weighted by Crippen LogP contribution is -2.53. The van der Waals surface area contributed by atoms with Gasteiger partial charge >= 0.3 is 5.97 Å². The van der Waals surface area contributed by atoms with E-state index in [9.17, 15) is 18.3 Å². The highest BCUT2D eigenvalue weighted by Gasteiger charge is 2.46. The Morgan fingerprint density at radius 2 is 2.00 bits per heavy atom. The second-order valence-corrected chi connectivity index (χ2v) is 6.74. The maximum absolute atomic E-state index is 11.7. The van der Waals surface area contributed by atoms with Crippen molar-refractivity contribution in [2.75, 3.05) is 13.1 Å². The fourth-order valence-electron chi connectivity index (χ4n) is 2.80. The third-order valence-corrected chi connectivity index (χ3v) is 4.58. The zero-order chi connectivity index (χ0) is 14.3. The third kappa shape index (κ3) is 2.58. The van der Waals surface area contributed by atoms with E-state index >= 15 is 0 Å². The van der Waals surface area contributed by atoms with Crippen LogP contribution in [0.3, 0.4) is 0 Å². The third-order valence-electron chi connectivity index (χ3n) is 3.69. The molecule has 0 aromatic heterocycles. The van der Waals surface area contributed by atoms with Gasteiger partial charge in [-0.05, 0) is 45.0 Å². The molecule has 0 radical (unpaired) electrons. The number of rotatable bonds is 3. The van der Waals surface area contributed by atoms with Gasteiger partial charge in [0, 0.05) is 6.42 Å². The van der Waals surface area contributed by atoms with Crippen LogP contribution in [-0.4, -0.2) is 43.0 Å². The molecule has 106 valence electrons. The summed E-state index contributed by atoms with van der Waals surface area (Å²) in [4.78, 5) is 13.5. The van der Waals surface area contributed by atoms with E-state index in [4.69, 9.17) is 5.14 Å². The summed E-state index contributed by atoms with van der Waals surface area (Å²) in [5.74, 6) is -1.03. The highest BCUT2D eigenvalue weighted by Crippen LogP contribution is 2.35. The number of carboxylic acid groups (broad SMARTS) is 1. The number of likely N-dealkylation sites (tertiary alicyclic amines) is 1. The van der Waals surface area contributed by atoms with Crippen LogP contribution in [0.5, 0.6) is 0 Å². The predicted octanol–water partition coefficient (Wildman–Crippen LogP) is 0.428. The van der Waals surface area contributed by atoms with Crippen LogP contribution in [-0.2, 0) is 14.8 Å². The van der Waals surface area contributed by atoms with Crippen molar-refractivity contribution in [2.24, 2.45) is 5.14 Å². The van der Waals surface area contributed by atoms with E-state index in [-0.39, 0.29) is 4.91 Å². The number of nitrogens with two attached hydrogens (primary N) is 1. The molecule has 2 aliphatic rings. The van der Waals surface area contributed by atoms with Crippen LogP contribution in [0.25, 0.3) is 0 Å². The second kappa shape index (κ2) is 4.73. The molecule has 0 bridgehead atoms. The number of sulfonamides is 1. The normalized spacial score (nSPS) is 28.9. The first-order valence-electron chi connectivity index (χ1n) is 6.17. The van der Waals surface area contributed by atoms with Gasteiger partial charge in [-0.15, -0.1) is 0 Å². The number of aliphatic carboxylic acids is 1. The molecule has 0 amide bonds. The Morgan fingerprint density at radius 3 is 2.47 bits per heavy atom. The number of carbonyl (C=O) groups is 1. The van der Waals surface area contributed by atoms with E-state index in [1.165, 1.54) is 12.2 Å². The Labute approximate surface area is 112 Å². The summed E-state index contributed by atoms with van der Waals surface area (Å²) < 4.78 is 23.0. The Kier molecular flexibility index (Phi) is 3.55. The van der Waals surface area contributed by atoms with Crippen molar-refractivity contribution in [1.82, 2.24) is 4.90 Å². The fourth-order valence-corrected chi connectivity index (χ4v) is 3.53. The molecule has 1 unspecified atom stereocenters. The monoisotopic (exact) mass is 286 g/mol. The summed E-state index contributed by atoms with van der Waals surface area (Å²) in [6.45, 7) is 3.05. The van der Waals surface area contributed by atoms with Gasteiger partial charge < -0.3 is 5.11 Å². The van der Waals surface area contributed by atoms with E-state index in [1.807, 2.05) is 4.90 Å². The lowest BCUT2D eigenvalue weighted by atomic mass is 9.85. The molecule has 7 heteroatoms. The molecule has 1 heterocycles. The Morgan fingerprint density at radius 1 is 1.42 bits per heavy atom. The van der Waals surface area contributed by atoms with Crippen LogP contribution in [0.15, 0.2) is 22.6 Å². The highest BCUT2D eigenvalue weighted by molar-refractivity contribution is 7.93. The van der Waals surface area contributed by atoms with Crippen LogP contribution in [0.2, 0.25) is 0 Å². The van der Waals surface area contributed by atoms with E-state index in [1.54, 1.807) is 6.92 Å². The number of primary sulfonamides is 1. The molecule has 1 aliphatic heterocycles. The van der Waals surface area contributed by atoms with Crippen molar-refractivity contribution in [3.8, 4) is 0 Å². The molecule has 2 rings (SSSR count). The lowest BCUT2D eigenvalue weighted by Gasteiger charge is -2.38. The fraction of sp³-hybridized carbons (Fsp3) is 0.583. The maximum atomic E-state index is 11.7. The average Bonchev–Trinajstić information content (AvgIpc) is 2.80. The molecular formula is C12H18N2O4S. The van der Waals surface area contributed by atoms with Crippen LogP contribution in [0.4, 0.5) is 0 Å². The molecule has 1 saturated heterocycles. The molecule has 3 N–H and O–H groups in total. The second-order valence-electron chi connectivity index (χ2n) is 5.18. The molecule has 0 aromatic rings. The van der Waals surface area contributed by atoms with Gasteiger partial charge in [0.1, 0.15) is 5.54 Å². The van der Waals surface area contributed by atoms with Gasteiger partial charge in [-0.2, -0.15) is 0 Å². The number of allylic oxidation sites excluding steroid dienone is 1. The molecule has 19 heavy (non-hydrogen) atoms. The summed E-state index contributed by atoms with van der Waals surface area (Å²) in [6, 6.07) is 0. The number of carboxylic acids is 1. The zero-order valence-corrected chi connectivity index (χ0v) is 11.6. The van der Waals surface area contributed by atoms with Crippen molar-refractivity contribution in [3.05, 3.63) is 22.6 Å². The topological polar surface area (TPSA) is 101 Å². The van der Waals surface area contributed by atoms with Gasteiger partial charge in [-0.25, -0.2) is 18.4 Å². The van der Waals surface area contributed by atoms with Crippen LogP contribution in [0.1, 0.15) is 26.2 Å². The minimum Gasteiger partial charge on any atom is -0.480 e. The van der Waals surface area contributed by atoms with Gasteiger partial charge in [0.25, 0.3) is 0 Å². The van der Waals surface area contributed by atoms with Gasteiger partial charge in [-0.3, -0.25) is 4.90 Å². The molecule has 1 aliphatic carbocycles. The Hall–Kier alpha value is -1.18. The summed E-state index contributed by atoms with van der Waals surface area (Å²) in [6.07, 6.45) is 4.89. The van der Waals surface area contributed by atoms with Crippen molar-refractivity contribution >= 4 is 16.0 Å². The standard InChI is InChI=1S/C12H18N2O4S/c1-9-6-10(19(13,17)18)8-12(7-9,11(15)16)14-4-2-3-5-14/h6,8H,2-5,7H2,1H3,(H,15,16)(H2,13,17,18). The summed E-state index contributed by atoms with van der Waals surface area (Å²) in [7, 11) is -3.90. The van der Waals surface area contributed by atoms with Crippen LogP contribution < -0.4 is 5.14 Å². The van der Waals surface area contributed by atoms with Crippen molar-refractivity contribution in [2.45, 2.75) is 31.7 Å². The molecule has 0 saturated carbocycles. The largest absolute Gasteiger partial charge is 0.480 e. The highest BCUT2D eigenvalue weighted by atomic mass is 32.2. The predicted molar refractivity (Wildman–Crippen MR) is 70.7 cm³/mol. The first kappa shape index (κ1) is 14.2. The molecular weight excluding hydrogens is 268 g/mol. The SMILES string of the molecule is CC1=CC(S(N)(=O)=O)=CC(C(=O)O)(N2CCCC2)C1. The van der Waals surface area contributed by atoms with Crippen molar-refractivity contribution in [3.63, 3.8) is 0 Å². The minimum absolute atomic E-state index is 0.106. The van der Waals surface area contributed by atoms with Gasteiger partial charge in [0.2, 0.25) is 10.0 Å². The number of hydrogen-bond acceptors (Lipinski definition) is 4. The molecule has 6 nitrogen and oxygen atoms in total. The minimum atomic E-state index is -3.90. The first-order chi connectivity index (χ1) is 8.75. The number of hydrogen-bond donors (Lipinski definition) is 2. The molecule has 0 aromatic carbocycles. The Bertz CT molecular complexity index is 558. The van der Waals surface area contributed by atoms with Gasteiger partial charge in [-0.1, -0.05) is 5.57 Å². The molecule has 0 spiro atoms. The summed E-state index contributed by atoms with van der Waals surface area (Å²) in [5.41, 5.74) is -0.572. The molecule has 1 atom stereocenters. The van der Waals surface area contributed by atoms with Crippen LogP contribution >= 0.6 is 0 Å². The smallest absolute Gasteiger partial charge is 0.328 e. The van der Waals surface area contributed by atoms with Gasteiger partial charge in [0.05, 0.1) is 4.91 Å². The lowest BCUT2D eigenvalue weighted by molar-refractivity contribution is -0.147.